The third-order valence-electron chi connectivity index (χ3n) is 1.54. The van der Waals surface area contributed by atoms with Crippen LogP contribution in [0.2, 0.25) is 5.15 Å². The molecule has 3 nitrogen and oxygen atoms in total. The van der Waals surface area contributed by atoms with E-state index in [9.17, 15) is 0 Å². The number of nitrogens with zero attached hydrogens (tertiary/aromatic N) is 2. The molecule has 0 aliphatic carbocycles. The number of anilines is 1. The zero-order valence-corrected chi connectivity index (χ0v) is 8.89. The third kappa shape index (κ3) is 3.19. The van der Waals surface area contributed by atoms with Crippen molar-refractivity contribution in [1.82, 2.24) is 10.2 Å². The van der Waals surface area contributed by atoms with Crippen molar-refractivity contribution in [3.8, 4) is 0 Å². The molecule has 0 radical (unpaired) electrons. The SMILES string of the molecule is CC(C)(C)Cc1cc(N)c(Cl)nn1. The topological polar surface area (TPSA) is 51.8 Å². The van der Waals surface area contributed by atoms with Gasteiger partial charge in [-0.05, 0) is 17.9 Å². The van der Waals surface area contributed by atoms with Crippen molar-refractivity contribution in [1.29, 1.82) is 0 Å². The predicted molar refractivity (Wildman–Crippen MR) is 54.6 cm³/mol. The van der Waals surface area contributed by atoms with Crippen LogP contribution >= 0.6 is 11.6 Å². The first-order chi connectivity index (χ1) is 5.88. The molecule has 0 saturated carbocycles. The molecule has 0 bridgehead atoms. The molecular weight excluding hydrogens is 186 g/mol. The van der Waals surface area contributed by atoms with E-state index in [0.29, 0.717) is 5.69 Å². The Morgan fingerprint density at radius 1 is 1.38 bits per heavy atom. The van der Waals surface area contributed by atoms with E-state index in [-0.39, 0.29) is 10.6 Å². The fourth-order valence-electron chi connectivity index (χ4n) is 1.06. The van der Waals surface area contributed by atoms with Gasteiger partial charge in [-0.2, -0.15) is 5.10 Å². The summed E-state index contributed by atoms with van der Waals surface area (Å²) in [5.41, 5.74) is 7.17. The summed E-state index contributed by atoms with van der Waals surface area (Å²) in [4.78, 5) is 0. The molecule has 13 heavy (non-hydrogen) atoms. The summed E-state index contributed by atoms with van der Waals surface area (Å²) in [6.07, 6.45) is 0.849. The van der Waals surface area contributed by atoms with Crippen LogP contribution in [-0.4, -0.2) is 10.2 Å². The number of hydrogen-bond acceptors (Lipinski definition) is 3. The minimum absolute atomic E-state index is 0.189. The zero-order chi connectivity index (χ0) is 10.1. The third-order valence-corrected chi connectivity index (χ3v) is 1.83. The maximum atomic E-state index is 5.65. The highest BCUT2D eigenvalue weighted by Gasteiger charge is 2.13. The lowest BCUT2D eigenvalue weighted by Gasteiger charge is -2.16. The summed E-state index contributed by atoms with van der Waals surface area (Å²) in [6, 6.07) is 1.78. The summed E-state index contributed by atoms with van der Waals surface area (Å²) >= 11 is 5.65. The van der Waals surface area contributed by atoms with Gasteiger partial charge >= 0.3 is 0 Å². The number of nitrogen functional groups attached to an aromatic ring is 1. The summed E-state index contributed by atoms with van der Waals surface area (Å²) in [7, 11) is 0. The summed E-state index contributed by atoms with van der Waals surface area (Å²) < 4.78 is 0. The lowest BCUT2D eigenvalue weighted by atomic mass is 9.90. The summed E-state index contributed by atoms with van der Waals surface area (Å²) in [6.45, 7) is 6.42. The Morgan fingerprint density at radius 2 is 2.00 bits per heavy atom. The van der Waals surface area contributed by atoms with Crippen molar-refractivity contribution in [2.45, 2.75) is 27.2 Å². The Hall–Kier alpha value is -0.830. The first kappa shape index (κ1) is 10.3. The van der Waals surface area contributed by atoms with Crippen LogP contribution in [0.1, 0.15) is 26.5 Å². The van der Waals surface area contributed by atoms with Gasteiger partial charge in [0.1, 0.15) is 0 Å². The fourth-order valence-corrected chi connectivity index (χ4v) is 1.16. The smallest absolute Gasteiger partial charge is 0.174 e. The van der Waals surface area contributed by atoms with E-state index in [1.807, 2.05) is 0 Å². The van der Waals surface area contributed by atoms with Gasteiger partial charge in [0.15, 0.2) is 5.15 Å². The molecular formula is C9H14ClN3. The molecule has 0 fully saturated rings. The molecule has 0 aliphatic heterocycles. The Morgan fingerprint density at radius 3 is 2.46 bits per heavy atom. The molecule has 72 valence electrons. The van der Waals surface area contributed by atoms with Crippen molar-refractivity contribution in [3.63, 3.8) is 0 Å². The molecule has 1 aromatic heterocycles. The van der Waals surface area contributed by atoms with Crippen LogP contribution in [0.3, 0.4) is 0 Å². The van der Waals surface area contributed by atoms with Crippen LogP contribution in [0.4, 0.5) is 5.69 Å². The molecule has 0 aliphatic rings. The average molecular weight is 200 g/mol. The van der Waals surface area contributed by atoms with Gasteiger partial charge in [-0.25, -0.2) is 0 Å². The number of halogens is 1. The normalized spacial score (nSPS) is 11.7. The molecule has 1 heterocycles. The molecule has 0 unspecified atom stereocenters. The Kier molecular flexibility index (Phi) is 2.76. The van der Waals surface area contributed by atoms with Crippen molar-refractivity contribution in [2.75, 3.05) is 5.73 Å². The van der Waals surface area contributed by atoms with E-state index in [1.165, 1.54) is 0 Å². The van der Waals surface area contributed by atoms with Gasteiger partial charge in [0.25, 0.3) is 0 Å². The highest BCUT2D eigenvalue weighted by Crippen LogP contribution is 2.21. The molecule has 1 aromatic rings. The van der Waals surface area contributed by atoms with E-state index >= 15 is 0 Å². The van der Waals surface area contributed by atoms with Gasteiger partial charge in [0.05, 0.1) is 11.4 Å². The van der Waals surface area contributed by atoms with Gasteiger partial charge in [-0.1, -0.05) is 32.4 Å². The van der Waals surface area contributed by atoms with Crippen molar-refractivity contribution < 1.29 is 0 Å². The summed E-state index contributed by atoms with van der Waals surface area (Å²) in [5.74, 6) is 0. The van der Waals surface area contributed by atoms with Crippen LogP contribution in [0.15, 0.2) is 6.07 Å². The van der Waals surface area contributed by atoms with Crippen LogP contribution in [-0.2, 0) is 6.42 Å². The Labute approximate surface area is 83.3 Å². The van der Waals surface area contributed by atoms with Crippen LogP contribution in [0, 0.1) is 5.41 Å². The number of nitrogens with two attached hydrogens (primary N) is 1. The van der Waals surface area contributed by atoms with Gasteiger partial charge in [-0.15, -0.1) is 5.10 Å². The zero-order valence-electron chi connectivity index (χ0n) is 8.13. The minimum atomic E-state index is 0.189. The number of rotatable bonds is 1. The van der Waals surface area contributed by atoms with Crippen LogP contribution in [0.5, 0.6) is 0 Å². The number of hydrogen-bond donors (Lipinski definition) is 1. The maximum Gasteiger partial charge on any atom is 0.174 e. The number of aromatic nitrogens is 2. The van der Waals surface area contributed by atoms with E-state index in [0.717, 1.165) is 12.1 Å². The highest BCUT2D eigenvalue weighted by atomic mass is 35.5. The molecule has 0 atom stereocenters. The van der Waals surface area contributed by atoms with E-state index in [2.05, 4.69) is 31.0 Å². The quantitative estimate of drug-likeness (QED) is 0.755. The summed E-state index contributed by atoms with van der Waals surface area (Å²) in [5, 5.41) is 7.99. The molecule has 0 aromatic carbocycles. The predicted octanol–water partition coefficient (Wildman–Crippen LogP) is 2.30. The van der Waals surface area contributed by atoms with E-state index in [1.54, 1.807) is 6.07 Å². The largest absolute Gasteiger partial charge is 0.396 e. The minimum Gasteiger partial charge on any atom is -0.396 e. The molecule has 0 amide bonds. The lowest BCUT2D eigenvalue weighted by Crippen LogP contribution is -2.11. The molecule has 2 N–H and O–H groups in total. The molecule has 0 saturated heterocycles. The molecule has 4 heteroatoms. The van der Waals surface area contributed by atoms with Crippen molar-refractivity contribution >= 4 is 17.3 Å². The highest BCUT2D eigenvalue weighted by molar-refractivity contribution is 6.31. The maximum absolute atomic E-state index is 5.65. The molecule has 0 spiro atoms. The average Bonchev–Trinajstić information content (AvgIpc) is 1.94. The van der Waals surface area contributed by atoms with Gasteiger partial charge < -0.3 is 5.73 Å². The second-order valence-corrected chi connectivity index (χ2v) is 4.68. The Bertz CT molecular complexity index is 304. The Balaban J connectivity index is 2.86. The van der Waals surface area contributed by atoms with Crippen molar-refractivity contribution in [3.05, 3.63) is 16.9 Å². The van der Waals surface area contributed by atoms with Crippen LogP contribution < -0.4 is 5.73 Å². The second-order valence-electron chi connectivity index (χ2n) is 4.32. The van der Waals surface area contributed by atoms with Gasteiger partial charge in [-0.3, -0.25) is 0 Å². The molecule has 1 rings (SSSR count). The first-order valence-electron chi connectivity index (χ1n) is 4.16. The van der Waals surface area contributed by atoms with E-state index < -0.39 is 0 Å². The fraction of sp³-hybridized carbons (Fsp3) is 0.556. The first-order valence-corrected chi connectivity index (χ1v) is 4.54. The van der Waals surface area contributed by atoms with Crippen LogP contribution in [0.25, 0.3) is 0 Å². The van der Waals surface area contributed by atoms with Crippen molar-refractivity contribution in [2.24, 2.45) is 5.41 Å². The van der Waals surface area contributed by atoms with E-state index in [4.69, 9.17) is 17.3 Å². The monoisotopic (exact) mass is 199 g/mol. The van der Waals surface area contributed by atoms with Gasteiger partial charge in [0.2, 0.25) is 0 Å². The lowest BCUT2D eigenvalue weighted by molar-refractivity contribution is 0.404. The second kappa shape index (κ2) is 3.50. The van der Waals surface area contributed by atoms with Gasteiger partial charge in [0, 0.05) is 0 Å². The standard InChI is InChI=1S/C9H14ClN3/c1-9(2,3)5-6-4-7(11)8(10)13-12-6/h4H,5H2,1-3H3,(H2,11,12).